The molecule has 0 N–H and O–H groups in total. The third-order valence-electron chi connectivity index (χ3n) is 3.46. The fourth-order valence-electron chi connectivity index (χ4n) is 2.27. The zero-order chi connectivity index (χ0) is 14.8. The minimum Gasteiger partial charge on any atom is -0.457 e. The van der Waals surface area contributed by atoms with Crippen molar-refractivity contribution in [1.29, 1.82) is 0 Å². The Morgan fingerprint density at radius 1 is 1.10 bits per heavy atom. The molecule has 106 valence electrons. The Balaban J connectivity index is 1.93. The maximum absolute atomic E-state index is 12.5. The van der Waals surface area contributed by atoms with Crippen LogP contribution in [-0.4, -0.2) is 4.21 Å². The highest BCUT2D eigenvalue weighted by atomic mass is 32.2. The predicted molar refractivity (Wildman–Crippen MR) is 86.4 cm³/mol. The fourth-order valence-corrected chi connectivity index (χ4v) is 3.41. The average molecular weight is 296 g/mol. The van der Waals surface area contributed by atoms with Gasteiger partial charge in [-0.15, -0.1) is 0 Å². The van der Waals surface area contributed by atoms with Crippen LogP contribution < -0.4 is 4.74 Å². The first-order valence-corrected chi connectivity index (χ1v) is 8.08. The zero-order valence-electron chi connectivity index (χ0n) is 11.8. The minimum atomic E-state index is -1.08. The molecule has 1 unspecified atom stereocenters. The summed E-state index contributed by atoms with van der Waals surface area (Å²) in [6, 6.07) is 15.4. The van der Waals surface area contributed by atoms with Gasteiger partial charge in [-0.05, 0) is 30.7 Å². The van der Waals surface area contributed by atoms with Crippen LogP contribution in [-0.2, 0) is 16.6 Å². The van der Waals surface area contributed by atoms with Crippen LogP contribution in [0.5, 0.6) is 5.75 Å². The molecule has 1 aliphatic heterocycles. The van der Waals surface area contributed by atoms with E-state index >= 15 is 0 Å². The topological polar surface area (TPSA) is 26.3 Å². The molecule has 21 heavy (non-hydrogen) atoms. The highest BCUT2D eigenvalue weighted by molar-refractivity contribution is 7.84. The Morgan fingerprint density at radius 2 is 1.86 bits per heavy atom. The van der Waals surface area contributed by atoms with Crippen LogP contribution in [0.4, 0.5) is 0 Å². The molecule has 0 radical (unpaired) electrons. The monoisotopic (exact) mass is 296 g/mol. The van der Waals surface area contributed by atoms with Gasteiger partial charge in [0.05, 0.1) is 16.6 Å². The summed E-state index contributed by atoms with van der Waals surface area (Å²) in [5.41, 5.74) is 2.98. The summed E-state index contributed by atoms with van der Waals surface area (Å²) in [5.74, 6) is 1.87. The summed E-state index contributed by atoms with van der Waals surface area (Å²) in [7, 11) is -1.08. The highest BCUT2D eigenvalue weighted by Crippen LogP contribution is 2.34. The number of benzene rings is 2. The first kappa shape index (κ1) is 13.8. The highest BCUT2D eigenvalue weighted by Gasteiger charge is 2.17. The molecule has 0 amide bonds. The molecule has 2 aromatic carbocycles. The summed E-state index contributed by atoms with van der Waals surface area (Å²) in [6.45, 7) is 5.88. The average Bonchev–Trinajstić information content (AvgIpc) is 2.50. The normalized spacial score (nSPS) is 14.9. The molecule has 3 heteroatoms. The Kier molecular flexibility index (Phi) is 3.76. The lowest BCUT2D eigenvalue weighted by atomic mass is 10.0. The van der Waals surface area contributed by atoms with Crippen molar-refractivity contribution >= 4 is 16.9 Å². The zero-order valence-corrected chi connectivity index (χ0v) is 12.7. The van der Waals surface area contributed by atoms with Gasteiger partial charge in [-0.2, -0.15) is 0 Å². The Bertz CT molecular complexity index is 745. The van der Waals surface area contributed by atoms with E-state index in [-0.39, 0.29) is 0 Å². The molecular weight excluding hydrogens is 280 g/mol. The number of para-hydroxylation sites is 1. The molecule has 0 spiro atoms. The standard InChI is InChI=1S/C18H16O2S/c1-13-11-15-7-6-8-16(18(15)20-14(13)2)12-21(19)17-9-4-3-5-10-17/h3-11H,2,12H2,1H3. The SMILES string of the molecule is C=C1Oc2c(cccc2CS(=O)c2ccccc2)C=C1C. The maximum Gasteiger partial charge on any atom is 0.138 e. The van der Waals surface area contributed by atoms with Crippen LogP contribution in [0.25, 0.3) is 6.08 Å². The molecule has 0 saturated heterocycles. The van der Waals surface area contributed by atoms with Crippen molar-refractivity contribution in [2.45, 2.75) is 17.6 Å². The number of fused-ring (bicyclic) bond motifs is 1. The van der Waals surface area contributed by atoms with E-state index < -0.39 is 10.8 Å². The molecule has 1 aliphatic rings. The van der Waals surface area contributed by atoms with Crippen LogP contribution in [0.15, 0.2) is 71.3 Å². The van der Waals surface area contributed by atoms with Crippen LogP contribution in [0.2, 0.25) is 0 Å². The van der Waals surface area contributed by atoms with Crippen molar-refractivity contribution in [2.75, 3.05) is 0 Å². The fraction of sp³-hybridized carbons (Fsp3) is 0.111. The minimum absolute atomic E-state index is 0.438. The lowest BCUT2D eigenvalue weighted by Crippen LogP contribution is -2.06. The summed E-state index contributed by atoms with van der Waals surface area (Å²) < 4.78 is 18.3. The van der Waals surface area contributed by atoms with Crippen LogP contribution >= 0.6 is 0 Å². The number of hydrogen-bond acceptors (Lipinski definition) is 2. The van der Waals surface area contributed by atoms with Gasteiger partial charge in [0.2, 0.25) is 0 Å². The van der Waals surface area contributed by atoms with Crippen molar-refractivity contribution in [3.05, 3.63) is 77.6 Å². The molecule has 2 nitrogen and oxygen atoms in total. The number of ether oxygens (including phenoxy) is 1. The molecule has 2 aromatic rings. The molecule has 0 aromatic heterocycles. The largest absolute Gasteiger partial charge is 0.457 e. The van der Waals surface area contributed by atoms with E-state index in [2.05, 4.69) is 12.7 Å². The van der Waals surface area contributed by atoms with E-state index in [0.29, 0.717) is 11.5 Å². The predicted octanol–water partition coefficient (Wildman–Crippen LogP) is 4.30. The van der Waals surface area contributed by atoms with Gasteiger partial charge in [0.1, 0.15) is 11.5 Å². The molecule has 0 bridgehead atoms. The summed E-state index contributed by atoms with van der Waals surface area (Å²) in [5, 5.41) is 0. The number of hydrogen-bond donors (Lipinski definition) is 0. The van der Waals surface area contributed by atoms with Crippen molar-refractivity contribution < 1.29 is 8.95 Å². The maximum atomic E-state index is 12.5. The third-order valence-corrected chi connectivity index (χ3v) is 4.83. The second-order valence-electron chi connectivity index (χ2n) is 4.99. The van der Waals surface area contributed by atoms with E-state index in [4.69, 9.17) is 4.74 Å². The lowest BCUT2D eigenvalue weighted by molar-refractivity contribution is 0.430. The van der Waals surface area contributed by atoms with E-state index in [9.17, 15) is 4.21 Å². The molecular formula is C18H16O2S. The molecule has 0 saturated carbocycles. The van der Waals surface area contributed by atoms with E-state index in [0.717, 1.165) is 27.3 Å². The summed E-state index contributed by atoms with van der Waals surface area (Å²) in [4.78, 5) is 0.830. The van der Waals surface area contributed by atoms with Gasteiger partial charge in [0.25, 0.3) is 0 Å². The van der Waals surface area contributed by atoms with E-state index in [1.807, 2.05) is 55.5 Å². The third kappa shape index (κ3) is 2.83. The van der Waals surface area contributed by atoms with Crippen molar-refractivity contribution in [3.8, 4) is 5.75 Å². The van der Waals surface area contributed by atoms with Crippen LogP contribution in [0, 0.1) is 0 Å². The Hall–Kier alpha value is -2.13. The molecule has 0 fully saturated rings. The summed E-state index contributed by atoms with van der Waals surface area (Å²) in [6.07, 6.45) is 2.05. The quantitative estimate of drug-likeness (QED) is 0.844. The van der Waals surface area contributed by atoms with Gasteiger partial charge in [-0.25, -0.2) is 0 Å². The first-order chi connectivity index (χ1) is 10.1. The van der Waals surface area contributed by atoms with Gasteiger partial charge in [0, 0.05) is 16.0 Å². The molecule has 1 atom stereocenters. The van der Waals surface area contributed by atoms with E-state index in [1.54, 1.807) is 0 Å². The second kappa shape index (κ2) is 5.70. The van der Waals surface area contributed by atoms with Crippen molar-refractivity contribution in [2.24, 2.45) is 0 Å². The van der Waals surface area contributed by atoms with Crippen molar-refractivity contribution in [1.82, 2.24) is 0 Å². The van der Waals surface area contributed by atoms with E-state index in [1.165, 1.54) is 0 Å². The molecule has 3 rings (SSSR count). The van der Waals surface area contributed by atoms with Gasteiger partial charge >= 0.3 is 0 Å². The van der Waals surface area contributed by atoms with Crippen LogP contribution in [0.1, 0.15) is 18.1 Å². The Labute approximate surface area is 127 Å². The smallest absolute Gasteiger partial charge is 0.138 e. The Morgan fingerprint density at radius 3 is 2.62 bits per heavy atom. The van der Waals surface area contributed by atoms with Gasteiger partial charge in [-0.1, -0.05) is 43.0 Å². The number of allylic oxidation sites excluding steroid dienone is 1. The molecule has 0 aliphatic carbocycles. The van der Waals surface area contributed by atoms with Crippen molar-refractivity contribution in [3.63, 3.8) is 0 Å². The number of rotatable bonds is 3. The first-order valence-electron chi connectivity index (χ1n) is 6.76. The lowest BCUT2D eigenvalue weighted by Gasteiger charge is -2.20. The second-order valence-corrected chi connectivity index (χ2v) is 6.44. The van der Waals surface area contributed by atoms with Gasteiger partial charge < -0.3 is 4.74 Å². The van der Waals surface area contributed by atoms with Gasteiger partial charge in [-0.3, -0.25) is 4.21 Å². The van der Waals surface area contributed by atoms with Gasteiger partial charge in [0.15, 0.2) is 0 Å². The molecule has 1 heterocycles. The summed E-state index contributed by atoms with van der Waals surface area (Å²) >= 11 is 0. The van der Waals surface area contributed by atoms with Crippen LogP contribution in [0.3, 0.4) is 0 Å².